The second-order valence-electron chi connectivity index (χ2n) is 5.55. The van der Waals surface area contributed by atoms with Crippen LogP contribution in [0.25, 0.3) is 17.3 Å². The maximum Gasteiger partial charge on any atom is 0.490 e. The molecule has 0 unspecified atom stereocenters. The van der Waals surface area contributed by atoms with Gasteiger partial charge in [0.15, 0.2) is 0 Å². The van der Waals surface area contributed by atoms with Gasteiger partial charge in [-0.1, -0.05) is 23.7 Å². The van der Waals surface area contributed by atoms with Crippen LogP contribution < -0.4 is 5.32 Å². The van der Waals surface area contributed by atoms with Gasteiger partial charge in [0.25, 0.3) is 5.91 Å². The van der Waals surface area contributed by atoms with Crippen molar-refractivity contribution in [2.45, 2.75) is 6.18 Å². The molecule has 0 radical (unpaired) electrons. The van der Waals surface area contributed by atoms with Crippen LogP contribution in [0.5, 0.6) is 0 Å². The van der Waals surface area contributed by atoms with Crippen molar-refractivity contribution in [2.75, 3.05) is 5.32 Å². The SMILES string of the molecule is O=C(C=Cc1ccc(Cl)cc1)Nc1nc(-c2ccncc2)c[nH]1.O=C(O)C(F)(F)F. The topological polar surface area (TPSA) is 108 Å². The maximum absolute atomic E-state index is 11.9. The molecule has 3 aromatic rings. The number of pyridine rings is 1. The number of carbonyl (C=O) groups is 2. The number of alkyl halides is 3. The molecular formula is C19H14ClF3N4O3. The second-order valence-corrected chi connectivity index (χ2v) is 5.98. The molecule has 0 saturated heterocycles. The van der Waals surface area contributed by atoms with Gasteiger partial charge in [0, 0.05) is 35.3 Å². The van der Waals surface area contributed by atoms with E-state index in [4.69, 9.17) is 21.5 Å². The Morgan fingerprint density at radius 3 is 2.27 bits per heavy atom. The number of anilines is 1. The normalized spacial score (nSPS) is 10.9. The smallest absolute Gasteiger partial charge is 0.475 e. The summed E-state index contributed by atoms with van der Waals surface area (Å²) in [5.41, 5.74) is 2.55. The van der Waals surface area contributed by atoms with E-state index in [0.29, 0.717) is 11.0 Å². The van der Waals surface area contributed by atoms with Gasteiger partial charge in [-0.15, -0.1) is 0 Å². The first-order valence-electron chi connectivity index (χ1n) is 8.15. The molecule has 3 rings (SSSR count). The molecule has 156 valence electrons. The summed E-state index contributed by atoms with van der Waals surface area (Å²) in [6, 6.07) is 10.9. The highest BCUT2D eigenvalue weighted by atomic mass is 35.5. The van der Waals surface area contributed by atoms with Gasteiger partial charge in [0.1, 0.15) is 0 Å². The van der Waals surface area contributed by atoms with Crippen molar-refractivity contribution in [1.82, 2.24) is 15.0 Å². The van der Waals surface area contributed by atoms with E-state index in [1.54, 1.807) is 36.8 Å². The zero-order valence-electron chi connectivity index (χ0n) is 15.0. The predicted molar refractivity (Wildman–Crippen MR) is 105 cm³/mol. The fraction of sp³-hybridized carbons (Fsp3) is 0.0526. The number of benzene rings is 1. The average molecular weight is 439 g/mol. The summed E-state index contributed by atoms with van der Waals surface area (Å²) in [7, 11) is 0. The fourth-order valence-corrected chi connectivity index (χ4v) is 2.09. The Hall–Kier alpha value is -3.66. The van der Waals surface area contributed by atoms with Gasteiger partial charge in [-0.2, -0.15) is 13.2 Å². The van der Waals surface area contributed by atoms with Crippen LogP contribution in [0, 0.1) is 0 Å². The third-order valence-electron chi connectivity index (χ3n) is 3.34. The van der Waals surface area contributed by atoms with E-state index < -0.39 is 12.1 Å². The van der Waals surface area contributed by atoms with Crippen molar-refractivity contribution in [3.05, 3.63) is 71.7 Å². The Labute approximate surface area is 173 Å². The first kappa shape index (κ1) is 22.6. The van der Waals surface area contributed by atoms with Crippen LogP contribution in [0.4, 0.5) is 19.1 Å². The summed E-state index contributed by atoms with van der Waals surface area (Å²) in [4.78, 5) is 32.0. The number of halogens is 4. The molecular weight excluding hydrogens is 425 g/mol. The van der Waals surface area contributed by atoms with Crippen LogP contribution >= 0.6 is 11.6 Å². The molecule has 0 atom stereocenters. The number of aliphatic carboxylic acids is 1. The molecule has 7 nitrogen and oxygen atoms in total. The number of rotatable bonds is 4. The lowest BCUT2D eigenvalue weighted by Gasteiger charge is -1.97. The van der Waals surface area contributed by atoms with Gasteiger partial charge in [0.05, 0.1) is 5.69 Å². The third kappa shape index (κ3) is 7.40. The monoisotopic (exact) mass is 438 g/mol. The Bertz CT molecular complexity index is 1020. The molecule has 0 saturated carbocycles. The molecule has 2 aromatic heterocycles. The van der Waals surface area contributed by atoms with Crippen molar-refractivity contribution < 1.29 is 27.9 Å². The lowest BCUT2D eigenvalue weighted by molar-refractivity contribution is -0.192. The minimum Gasteiger partial charge on any atom is -0.475 e. The van der Waals surface area contributed by atoms with Crippen molar-refractivity contribution in [2.24, 2.45) is 0 Å². The molecule has 3 N–H and O–H groups in total. The summed E-state index contributed by atoms with van der Waals surface area (Å²) in [5.74, 6) is -2.63. The molecule has 1 aromatic carbocycles. The molecule has 0 spiro atoms. The maximum atomic E-state index is 11.9. The largest absolute Gasteiger partial charge is 0.490 e. The summed E-state index contributed by atoms with van der Waals surface area (Å²) in [6.45, 7) is 0. The van der Waals surface area contributed by atoms with E-state index in [1.165, 1.54) is 6.08 Å². The standard InChI is InChI=1S/C17H13ClN4O.C2HF3O2/c18-14-4-1-12(2-5-14)3-6-16(23)22-17-20-11-15(21-17)13-7-9-19-10-8-13;3-2(4,5)1(6)7/h1-11H,(H2,20,21,22,23);(H,6,7). The van der Waals surface area contributed by atoms with Gasteiger partial charge >= 0.3 is 12.1 Å². The molecule has 30 heavy (non-hydrogen) atoms. The van der Waals surface area contributed by atoms with E-state index in [9.17, 15) is 18.0 Å². The average Bonchev–Trinajstić information content (AvgIpc) is 3.16. The fourth-order valence-electron chi connectivity index (χ4n) is 1.96. The third-order valence-corrected chi connectivity index (χ3v) is 3.59. The number of imidazole rings is 1. The molecule has 11 heteroatoms. The first-order chi connectivity index (χ1) is 14.1. The number of carboxylic acid groups (broad SMARTS) is 1. The molecule has 0 bridgehead atoms. The number of amides is 1. The van der Waals surface area contributed by atoms with Gasteiger partial charge in [-0.25, -0.2) is 9.78 Å². The van der Waals surface area contributed by atoms with Crippen molar-refractivity contribution in [3.8, 4) is 11.3 Å². The van der Waals surface area contributed by atoms with Crippen LogP contribution in [0.3, 0.4) is 0 Å². The predicted octanol–water partition coefficient (Wildman–Crippen LogP) is 4.41. The summed E-state index contributed by atoms with van der Waals surface area (Å²) in [6.07, 6.45) is 3.18. The van der Waals surface area contributed by atoms with Gasteiger partial charge in [-0.05, 0) is 35.9 Å². The summed E-state index contributed by atoms with van der Waals surface area (Å²) >= 11 is 5.81. The number of nitrogens with zero attached hydrogens (tertiary/aromatic N) is 2. The molecule has 0 aliphatic rings. The van der Waals surface area contributed by atoms with E-state index in [1.807, 2.05) is 24.3 Å². The Kier molecular flexibility index (Phi) is 7.70. The minimum absolute atomic E-state index is 0.268. The minimum atomic E-state index is -5.08. The van der Waals surface area contributed by atoms with Crippen LogP contribution in [0.1, 0.15) is 5.56 Å². The first-order valence-corrected chi connectivity index (χ1v) is 8.53. The van der Waals surface area contributed by atoms with Crippen molar-refractivity contribution in [1.29, 1.82) is 0 Å². The van der Waals surface area contributed by atoms with Crippen molar-refractivity contribution >= 4 is 35.5 Å². The Morgan fingerprint density at radius 1 is 1.10 bits per heavy atom. The number of hydrogen-bond donors (Lipinski definition) is 3. The Balaban J connectivity index is 0.000000396. The highest BCUT2D eigenvalue weighted by Crippen LogP contribution is 2.17. The number of aromatic amines is 1. The van der Waals surface area contributed by atoms with Gasteiger partial charge in [-0.3, -0.25) is 15.1 Å². The number of aromatic nitrogens is 3. The highest BCUT2D eigenvalue weighted by molar-refractivity contribution is 6.30. The highest BCUT2D eigenvalue weighted by Gasteiger charge is 2.38. The Morgan fingerprint density at radius 2 is 1.70 bits per heavy atom. The molecule has 2 heterocycles. The number of nitrogens with one attached hydrogen (secondary N) is 2. The van der Waals surface area contributed by atoms with Crippen molar-refractivity contribution in [3.63, 3.8) is 0 Å². The van der Waals surface area contributed by atoms with E-state index >= 15 is 0 Å². The van der Waals surface area contributed by atoms with Crippen LogP contribution in [0.2, 0.25) is 5.02 Å². The lowest BCUT2D eigenvalue weighted by Crippen LogP contribution is -2.21. The zero-order valence-corrected chi connectivity index (χ0v) is 15.8. The van der Waals surface area contributed by atoms with Gasteiger partial charge in [0.2, 0.25) is 5.95 Å². The van der Waals surface area contributed by atoms with E-state index in [-0.39, 0.29) is 5.91 Å². The van der Waals surface area contributed by atoms with Crippen LogP contribution in [0.15, 0.2) is 61.1 Å². The summed E-state index contributed by atoms with van der Waals surface area (Å²) in [5, 5.41) is 10.5. The number of hydrogen-bond acceptors (Lipinski definition) is 4. The second kappa shape index (κ2) is 10.2. The van der Waals surface area contributed by atoms with E-state index in [0.717, 1.165) is 16.8 Å². The molecule has 0 fully saturated rings. The molecule has 0 aliphatic heterocycles. The van der Waals surface area contributed by atoms with E-state index in [2.05, 4.69) is 20.3 Å². The number of carboxylic acids is 1. The number of H-pyrrole nitrogens is 1. The van der Waals surface area contributed by atoms with Crippen LogP contribution in [-0.4, -0.2) is 38.1 Å². The lowest BCUT2D eigenvalue weighted by atomic mass is 10.2. The van der Waals surface area contributed by atoms with Crippen LogP contribution in [-0.2, 0) is 9.59 Å². The van der Waals surface area contributed by atoms with Gasteiger partial charge < -0.3 is 10.1 Å². The molecule has 0 aliphatic carbocycles. The molecule has 1 amide bonds. The number of carbonyl (C=O) groups excluding carboxylic acids is 1. The quantitative estimate of drug-likeness (QED) is 0.523. The summed E-state index contributed by atoms with van der Waals surface area (Å²) < 4.78 is 31.7. The zero-order chi connectivity index (χ0) is 22.1.